The van der Waals surface area contributed by atoms with Gasteiger partial charge in [0.1, 0.15) is 0 Å². The second-order valence-corrected chi connectivity index (χ2v) is 5.36. The van der Waals surface area contributed by atoms with Gasteiger partial charge in [-0.05, 0) is 25.0 Å². The summed E-state index contributed by atoms with van der Waals surface area (Å²) in [6, 6.07) is 16.5. The molecule has 0 aromatic heterocycles. The molecule has 2 aromatic carbocycles. The van der Waals surface area contributed by atoms with Gasteiger partial charge in [-0.15, -0.1) is 0 Å². The maximum Gasteiger partial charge on any atom is 0.220 e. The van der Waals surface area contributed by atoms with E-state index in [4.69, 9.17) is 0 Å². The number of hydrogen-bond acceptors (Lipinski definition) is 2. The Labute approximate surface area is 131 Å². The topological polar surface area (TPSA) is 46.2 Å². The first-order chi connectivity index (χ1) is 10.6. The summed E-state index contributed by atoms with van der Waals surface area (Å²) in [6.07, 6.45) is 1.35. The molecule has 3 heteroatoms. The Balaban J connectivity index is 2.16. The molecule has 3 nitrogen and oxygen atoms in total. The van der Waals surface area contributed by atoms with E-state index in [0.717, 1.165) is 12.0 Å². The number of benzene rings is 2. The van der Waals surface area contributed by atoms with Crippen LogP contribution in [0.4, 0.5) is 0 Å². The van der Waals surface area contributed by atoms with E-state index in [0.29, 0.717) is 17.5 Å². The molecule has 1 N–H and O–H groups in total. The molecule has 2 aromatic rings. The molecule has 0 aliphatic carbocycles. The molecular weight excluding hydrogens is 274 g/mol. The lowest BCUT2D eigenvalue weighted by molar-refractivity contribution is -0.121. The number of carbonyl (C=O) groups excluding carboxylic acids is 2. The van der Waals surface area contributed by atoms with E-state index in [1.807, 2.05) is 62.4 Å². The summed E-state index contributed by atoms with van der Waals surface area (Å²) >= 11 is 0. The van der Waals surface area contributed by atoms with Crippen molar-refractivity contribution in [1.82, 2.24) is 5.32 Å². The number of amides is 1. The zero-order chi connectivity index (χ0) is 15.9. The Hall–Kier alpha value is -2.42. The molecule has 0 spiro atoms. The SMILES string of the molecule is CCCC(=O)N[C@@H](C)c1cccc(C(=O)c2ccccc2)c1. The van der Waals surface area contributed by atoms with Crippen LogP contribution in [0.15, 0.2) is 54.6 Å². The Morgan fingerprint density at radius 3 is 2.36 bits per heavy atom. The van der Waals surface area contributed by atoms with Crippen LogP contribution in [0.5, 0.6) is 0 Å². The minimum Gasteiger partial charge on any atom is -0.350 e. The van der Waals surface area contributed by atoms with E-state index < -0.39 is 0 Å². The summed E-state index contributed by atoms with van der Waals surface area (Å²) in [7, 11) is 0. The van der Waals surface area contributed by atoms with Crippen LogP contribution in [0, 0.1) is 0 Å². The number of ketones is 1. The van der Waals surface area contributed by atoms with E-state index in [1.54, 1.807) is 6.07 Å². The molecule has 0 saturated heterocycles. The summed E-state index contributed by atoms with van der Waals surface area (Å²) < 4.78 is 0. The second kappa shape index (κ2) is 7.55. The lowest BCUT2D eigenvalue weighted by Gasteiger charge is -2.15. The van der Waals surface area contributed by atoms with Crippen LogP contribution in [-0.2, 0) is 4.79 Å². The molecule has 0 bridgehead atoms. The molecule has 1 amide bonds. The van der Waals surface area contributed by atoms with Crippen molar-refractivity contribution in [1.29, 1.82) is 0 Å². The average molecular weight is 295 g/mol. The molecule has 0 unspecified atom stereocenters. The summed E-state index contributed by atoms with van der Waals surface area (Å²) in [5.74, 6) is 0.0318. The van der Waals surface area contributed by atoms with Crippen molar-refractivity contribution in [2.24, 2.45) is 0 Å². The quantitative estimate of drug-likeness (QED) is 0.822. The highest BCUT2D eigenvalue weighted by atomic mass is 16.1. The van der Waals surface area contributed by atoms with Crippen molar-refractivity contribution < 1.29 is 9.59 Å². The molecule has 0 radical (unpaired) electrons. The standard InChI is InChI=1S/C19H21NO2/c1-3-8-18(21)20-14(2)16-11-7-12-17(13-16)19(22)15-9-5-4-6-10-15/h4-7,9-14H,3,8H2,1-2H3,(H,20,21)/t14-/m0/s1. The predicted octanol–water partition coefficient (Wildman–Crippen LogP) is 3.89. The number of rotatable bonds is 6. The van der Waals surface area contributed by atoms with Crippen molar-refractivity contribution in [2.75, 3.05) is 0 Å². The maximum atomic E-state index is 12.5. The summed E-state index contributed by atoms with van der Waals surface area (Å²) in [4.78, 5) is 24.1. The van der Waals surface area contributed by atoms with E-state index >= 15 is 0 Å². The van der Waals surface area contributed by atoms with Gasteiger partial charge >= 0.3 is 0 Å². The fourth-order valence-electron chi connectivity index (χ4n) is 2.33. The van der Waals surface area contributed by atoms with Gasteiger partial charge in [0.2, 0.25) is 5.91 Å². The first-order valence-corrected chi connectivity index (χ1v) is 7.61. The smallest absolute Gasteiger partial charge is 0.220 e. The zero-order valence-corrected chi connectivity index (χ0v) is 13.0. The highest BCUT2D eigenvalue weighted by molar-refractivity contribution is 6.09. The van der Waals surface area contributed by atoms with Gasteiger partial charge in [0, 0.05) is 17.5 Å². The second-order valence-electron chi connectivity index (χ2n) is 5.36. The molecule has 0 saturated carbocycles. The number of carbonyl (C=O) groups is 2. The Morgan fingerprint density at radius 1 is 1.00 bits per heavy atom. The van der Waals surface area contributed by atoms with Gasteiger partial charge in [0.25, 0.3) is 0 Å². The Kier molecular flexibility index (Phi) is 5.48. The van der Waals surface area contributed by atoms with Crippen molar-refractivity contribution in [3.63, 3.8) is 0 Å². The fourth-order valence-corrected chi connectivity index (χ4v) is 2.33. The minimum absolute atomic E-state index is 0.00506. The zero-order valence-electron chi connectivity index (χ0n) is 13.0. The van der Waals surface area contributed by atoms with Crippen LogP contribution in [0.3, 0.4) is 0 Å². The van der Waals surface area contributed by atoms with Crippen molar-refractivity contribution in [3.8, 4) is 0 Å². The third-order valence-corrected chi connectivity index (χ3v) is 3.54. The van der Waals surface area contributed by atoms with Gasteiger partial charge in [0.05, 0.1) is 6.04 Å². The lowest BCUT2D eigenvalue weighted by Crippen LogP contribution is -2.26. The van der Waals surface area contributed by atoms with Crippen molar-refractivity contribution in [3.05, 3.63) is 71.3 Å². The van der Waals surface area contributed by atoms with Gasteiger partial charge in [-0.2, -0.15) is 0 Å². The third-order valence-electron chi connectivity index (χ3n) is 3.54. The highest BCUT2D eigenvalue weighted by Crippen LogP contribution is 2.17. The van der Waals surface area contributed by atoms with Gasteiger partial charge < -0.3 is 5.32 Å². The summed E-state index contributed by atoms with van der Waals surface area (Å²) in [5.41, 5.74) is 2.24. The molecule has 0 aliphatic rings. The Bertz CT molecular complexity index is 649. The van der Waals surface area contributed by atoms with Crippen LogP contribution in [0.25, 0.3) is 0 Å². The molecule has 2 rings (SSSR count). The molecule has 0 heterocycles. The van der Waals surface area contributed by atoms with Crippen LogP contribution >= 0.6 is 0 Å². The summed E-state index contributed by atoms with van der Waals surface area (Å²) in [6.45, 7) is 3.91. The van der Waals surface area contributed by atoms with Crippen LogP contribution in [0.1, 0.15) is 54.2 Å². The highest BCUT2D eigenvalue weighted by Gasteiger charge is 2.13. The molecule has 0 aliphatic heterocycles. The van der Waals surface area contributed by atoms with Gasteiger partial charge in [-0.3, -0.25) is 9.59 Å². The number of hydrogen-bond donors (Lipinski definition) is 1. The molecule has 114 valence electrons. The van der Waals surface area contributed by atoms with E-state index in [-0.39, 0.29) is 17.7 Å². The van der Waals surface area contributed by atoms with E-state index in [2.05, 4.69) is 5.32 Å². The molecule has 22 heavy (non-hydrogen) atoms. The van der Waals surface area contributed by atoms with E-state index in [1.165, 1.54) is 0 Å². The molecule has 1 atom stereocenters. The first kappa shape index (κ1) is 16.0. The third kappa shape index (κ3) is 4.04. The monoisotopic (exact) mass is 295 g/mol. The average Bonchev–Trinajstić information content (AvgIpc) is 2.55. The summed E-state index contributed by atoms with van der Waals surface area (Å²) in [5, 5.41) is 2.95. The van der Waals surface area contributed by atoms with Crippen molar-refractivity contribution in [2.45, 2.75) is 32.7 Å². The normalized spacial score (nSPS) is 11.7. The maximum absolute atomic E-state index is 12.5. The largest absolute Gasteiger partial charge is 0.350 e. The lowest BCUT2D eigenvalue weighted by atomic mass is 9.99. The van der Waals surface area contributed by atoms with Gasteiger partial charge in [-0.1, -0.05) is 55.5 Å². The minimum atomic E-state index is -0.109. The number of nitrogens with one attached hydrogen (secondary N) is 1. The van der Waals surface area contributed by atoms with Crippen LogP contribution in [0.2, 0.25) is 0 Å². The molecular formula is C19H21NO2. The van der Waals surface area contributed by atoms with Crippen molar-refractivity contribution >= 4 is 11.7 Å². The first-order valence-electron chi connectivity index (χ1n) is 7.61. The Morgan fingerprint density at radius 2 is 1.68 bits per heavy atom. The van der Waals surface area contributed by atoms with Crippen LogP contribution < -0.4 is 5.32 Å². The predicted molar refractivity (Wildman–Crippen MR) is 87.8 cm³/mol. The van der Waals surface area contributed by atoms with Gasteiger partial charge in [-0.25, -0.2) is 0 Å². The van der Waals surface area contributed by atoms with Gasteiger partial charge in [0.15, 0.2) is 5.78 Å². The molecule has 0 fully saturated rings. The fraction of sp³-hybridized carbons (Fsp3) is 0.263. The van der Waals surface area contributed by atoms with E-state index in [9.17, 15) is 9.59 Å². The van der Waals surface area contributed by atoms with Crippen LogP contribution in [-0.4, -0.2) is 11.7 Å².